The number of sulfonamides is 1. The first kappa shape index (κ1) is 11.7. The van der Waals surface area contributed by atoms with Gasteiger partial charge < -0.3 is 5.11 Å². The normalized spacial score (nSPS) is 11.9. The van der Waals surface area contributed by atoms with E-state index in [1.807, 2.05) is 0 Å². The molecule has 7 nitrogen and oxygen atoms in total. The quantitative estimate of drug-likeness (QED) is 0.666. The standard InChI is InChI=1S/C7H11N3O4S/c1-4(2)10-15(13,14)6-5(7(11)12)3-8-9-6/h3-4,10H,1-2H3,(H,8,9)(H,11,12). The van der Waals surface area contributed by atoms with Crippen LogP contribution in [0.4, 0.5) is 0 Å². The molecule has 84 valence electrons. The van der Waals surface area contributed by atoms with Crippen molar-refractivity contribution in [3.63, 3.8) is 0 Å². The second-order valence-corrected chi connectivity index (χ2v) is 4.84. The van der Waals surface area contributed by atoms with Gasteiger partial charge in [-0.25, -0.2) is 17.9 Å². The van der Waals surface area contributed by atoms with Gasteiger partial charge in [0.15, 0.2) is 5.03 Å². The van der Waals surface area contributed by atoms with Gasteiger partial charge in [-0.2, -0.15) is 5.10 Å². The second-order valence-electron chi connectivity index (χ2n) is 3.19. The average molecular weight is 233 g/mol. The summed E-state index contributed by atoms with van der Waals surface area (Å²) in [4.78, 5) is 10.7. The van der Waals surface area contributed by atoms with E-state index in [1.54, 1.807) is 13.8 Å². The highest BCUT2D eigenvalue weighted by Crippen LogP contribution is 2.11. The third kappa shape index (κ3) is 2.54. The Morgan fingerprint density at radius 3 is 2.67 bits per heavy atom. The summed E-state index contributed by atoms with van der Waals surface area (Å²) in [6.07, 6.45) is 0.956. The highest BCUT2D eigenvalue weighted by atomic mass is 32.2. The van der Waals surface area contributed by atoms with Gasteiger partial charge in [0.05, 0.1) is 6.20 Å². The Morgan fingerprint density at radius 2 is 2.20 bits per heavy atom. The monoisotopic (exact) mass is 233 g/mol. The topological polar surface area (TPSA) is 112 Å². The lowest BCUT2D eigenvalue weighted by molar-refractivity contribution is 0.0692. The predicted molar refractivity (Wildman–Crippen MR) is 51.0 cm³/mol. The summed E-state index contributed by atoms with van der Waals surface area (Å²) in [6, 6.07) is -0.319. The zero-order chi connectivity index (χ0) is 11.6. The number of rotatable bonds is 4. The summed E-state index contributed by atoms with van der Waals surface area (Å²) < 4.78 is 25.4. The molecule has 0 spiro atoms. The van der Waals surface area contributed by atoms with E-state index in [0.29, 0.717) is 0 Å². The number of nitrogens with zero attached hydrogens (tertiary/aromatic N) is 1. The van der Waals surface area contributed by atoms with E-state index in [4.69, 9.17) is 5.11 Å². The minimum atomic E-state index is -3.84. The maximum atomic E-state index is 11.6. The SMILES string of the molecule is CC(C)NS(=O)(=O)c1[nH]ncc1C(=O)O. The second kappa shape index (κ2) is 3.99. The number of H-pyrrole nitrogens is 1. The van der Waals surface area contributed by atoms with Crippen molar-refractivity contribution in [2.24, 2.45) is 0 Å². The zero-order valence-electron chi connectivity index (χ0n) is 8.18. The van der Waals surface area contributed by atoms with Gasteiger partial charge in [0.25, 0.3) is 10.0 Å². The lowest BCUT2D eigenvalue weighted by Crippen LogP contribution is -2.31. The van der Waals surface area contributed by atoms with Crippen LogP contribution in [0.1, 0.15) is 24.2 Å². The summed E-state index contributed by atoms with van der Waals surface area (Å²) in [7, 11) is -3.84. The number of carboxylic acids is 1. The van der Waals surface area contributed by atoms with E-state index in [-0.39, 0.29) is 11.6 Å². The van der Waals surface area contributed by atoms with Crippen molar-refractivity contribution in [2.75, 3.05) is 0 Å². The van der Waals surface area contributed by atoms with E-state index in [1.165, 1.54) is 0 Å². The molecule has 15 heavy (non-hydrogen) atoms. The maximum absolute atomic E-state index is 11.6. The summed E-state index contributed by atoms with van der Waals surface area (Å²) in [5.74, 6) is -1.34. The first-order chi connectivity index (χ1) is 6.84. The third-order valence-electron chi connectivity index (χ3n) is 1.49. The van der Waals surface area contributed by atoms with Crippen molar-refractivity contribution in [1.82, 2.24) is 14.9 Å². The van der Waals surface area contributed by atoms with Crippen molar-refractivity contribution >= 4 is 16.0 Å². The summed E-state index contributed by atoms with van der Waals surface area (Å²) in [5.41, 5.74) is -0.372. The minimum Gasteiger partial charge on any atom is -0.478 e. The van der Waals surface area contributed by atoms with Crippen LogP contribution in [-0.2, 0) is 10.0 Å². The molecule has 0 radical (unpaired) electrons. The summed E-state index contributed by atoms with van der Waals surface area (Å²) >= 11 is 0. The number of hydrogen-bond donors (Lipinski definition) is 3. The van der Waals surface area contributed by atoms with Crippen molar-refractivity contribution in [1.29, 1.82) is 0 Å². The molecule has 0 aliphatic rings. The van der Waals surface area contributed by atoms with E-state index >= 15 is 0 Å². The van der Waals surface area contributed by atoms with Gasteiger partial charge in [-0.05, 0) is 13.8 Å². The summed E-state index contributed by atoms with van der Waals surface area (Å²) in [6.45, 7) is 3.27. The Hall–Kier alpha value is -1.41. The van der Waals surface area contributed by atoms with Crippen LogP contribution in [0, 0.1) is 0 Å². The molecule has 0 saturated carbocycles. The van der Waals surface area contributed by atoms with Crippen molar-refractivity contribution in [3.8, 4) is 0 Å². The van der Waals surface area contributed by atoms with Gasteiger partial charge in [-0.1, -0.05) is 0 Å². The molecular weight excluding hydrogens is 222 g/mol. The zero-order valence-corrected chi connectivity index (χ0v) is 9.00. The number of aromatic amines is 1. The molecule has 0 aliphatic carbocycles. The number of aromatic nitrogens is 2. The van der Waals surface area contributed by atoms with Gasteiger partial charge in [-0.3, -0.25) is 5.10 Å². The molecule has 8 heteroatoms. The number of nitrogens with one attached hydrogen (secondary N) is 2. The summed E-state index contributed by atoms with van der Waals surface area (Å²) in [5, 5.41) is 13.8. The predicted octanol–water partition coefficient (Wildman–Crippen LogP) is -0.205. The Bertz CT molecular complexity index is 462. The Labute approximate surface area is 86.6 Å². The van der Waals surface area contributed by atoms with Crippen LogP contribution in [0.25, 0.3) is 0 Å². The van der Waals surface area contributed by atoms with E-state index in [0.717, 1.165) is 6.20 Å². The van der Waals surface area contributed by atoms with Crippen LogP contribution in [0.15, 0.2) is 11.2 Å². The largest absolute Gasteiger partial charge is 0.478 e. The Balaban J connectivity index is 3.16. The molecule has 0 atom stereocenters. The Morgan fingerprint density at radius 1 is 1.60 bits per heavy atom. The number of carbonyl (C=O) groups is 1. The molecular formula is C7H11N3O4S. The molecule has 0 fully saturated rings. The molecule has 3 N–H and O–H groups in total. The van der Waals surface area contributed by atoms with Crippen LogP contribution in [0.5, 0.6) is 0 Å². The van der Waals surface area contributed by atoms with Crippen molar-refractivity contribution < 1.29 is 18.3 Å². The Kier molecular flexibility index (Phi) is 3.10. The molecule has 1 aromatic rings. The molecule has 0 aliphatic heterocycles. The molecule has 0 aromatic carbocycles. The van der Waals surface area contributed by atoms with Gasteiger partial charge in [0, 0.05) is 6.04 Å². The molecule has 0 bridgehead atoms. The molecule has 1 heterocycles. The fourth-order valence-electron chi connectivity index (χ4n) is 1.00. The van der Waals surface area contributed by atoms with Crippen LogP contribution in [0.2, 0.25) is 0 Å². The van der Waals surface area contributed by atoms with Crippen molar-refractivity contribution in [2.45, 2.75) is 24.9 Å². The first-order valence-corrected chi connectivity index (χ1v) is 5.62. The first-order valence-electron chi connectivity index (χ1n) is 4.13. The van der Waals surface area contributed by atoms with Crippen molar-refractivity contribution in [3.05, 3.63) is 11.8 Å². The number of carboxylic acid groups (broad SMARTS) is 1. The van der Waals surface area contributed by atoms with Gasteiger partial charge in [0.2, 0.25) is 0 Å². The maximum Gasteiger partial charge on any atom is 0.340 e. The van der Waals surface area contributed by atoms with Gasteiger partial charge >= 0.3 is 5.97 Å². The highest BCUT2D eigenvalue weighted by Gasteiger charge is 2.25. The molecule has 1 aromatic heterocycles. The molecule has 1 rings (SSSR count). The lowest BCUT2D eigenvalue weighted by atomic mass is 10.4. The average Bonchev–Trinajstić information content (AvgIpc) is 2.48. The van der Waals surface area contributed by atoms with E-state index in [2.05, 4.69) is 14.9 Å². The fraction of sp³-hybridized carbons (Fsp3) is 0.429. The highest BCUT2D eigenvalue weighted by molar-refractivity contribution is 7.89. The van der Waals surface area contributed by atoms with E-state index in [9.17, 15) is 13.2 Å². The van der Waals surface area contributed by atoms with Crippen LogP contribution >= 0.6 is 0 Å². The lowest BCUT2D eigenvalue weighted by Gasteiger charge is -2.07. The molecule has 0 saturated heterocycles. The van der Waals surface area contributed by atoms with E-state index < -0.39 is 21.0 Å². The smallest absolute Gasteiger partial charge is 0.340 e. The number of aromatic carboxylic acids is 1. The molecule has 0 amide bonds. The minimum absolute atomic E-state index is 0.319. The van der Waals surface area contributed by atoms with Crippen LogP contribution in [-0.4, -0.2) is 35.7 Å². The third-order valence-corrected chi connectivity index (χ3v) is 3.12. The fourth-order valence-corrected chi connectivity index (χ4v) is 2.34. The van der Waals surface area contributed by atoms with Crippen LogP contribution in [0.3, 0.4) is 0 Å². The van der Waals surface area contributed by atoms with Gasteiger partial charge in [-0.15, -0.1) is 0 Å². The van der Waals surface area contributed by atoms with Crippen LogP contribution < -0.4 is 4.72 Å². The van der Waals surface area contributed by atoms with Gasteiger partial charge in [0.1, 0.15) is 5.56 Å². The number of hydrogen-bond acceptors (Lipinski definition) is 4. The molecule has 0 unspecified atom stereocenters.